The van der Waals surface area contributed by atoms with Gasteiger partial charge in [-0.1, -0.05) is 94.3 Å². The molecule has 0 N–H and O–H groups in total. The molecule has 380 valence electrons. The zero-order chi connectivity index (χ0) is 53.9. The molecule has 4 aliphatic rings. The second kappa shape index (κ2) is 15.6. The summed E-state index contributed by atoms with van der Waals surface area (Å²) in [5.74, 6) is 0. The van der Waals surface area contributed by atoms with Crippen LogP contribution in [0.3, 0.4) is 0 Å². The summed E-state index contributed by atoms with van der Waals surface area (Å²) >= 11 is 0. The highest BCUT2D eigenvalue weighted by Gasteiger charge is 2.56. The predicted octanol–water partition coefficient (Wildman–Crippen LogP) is 17.5. The fourth-order valence-corrected chi connectivity index (χ4v) is 15.2. The summed E-state index contributed by atoms with van der Waals surface area (Å²) in [5, 5.41) is 9.81. The Hall–Kier alpha value is -7.38. The van der Waals surface area contributed by atoms with Crippen molar-refractivity contribution in [3.05, 3.63) is 199 Å². The molecule has 2 aromatic heterocycles. The molecule has 4 aliphatic heterocycles. The van der Waals surface area contributed by atoms with Crippen LogP contribution in [0, 0.1) is 55.4 Å². The number of halogens is 3. The summed E-state index contributed by atoms with van der Waals surface area (Å²) < 4.78 is 57.3. The molecule has 1 atom stereocenters. The van der Waals surface area contributed by atoms with Crippen molar-refractivity contribution in [1.29, 1.82) is 0 Å². The Kier molecular flexibility index (Phi) is 9.92. The van der Waals surface area contributed by atoms with Gasteiger partial charge in [-0.15, -0.1) is 0 Å². The minimum atomic E-state index is -4.08. The molecule has 0 spiro atoms. The Morgan fingerprint density at radius 3 is 1.39 bits per heavy atom. The summed E-state index contributed by atoms with van der Waals surface area (Å²) in [7, 11) is 0. The third kappa shape index (κ3) is 6.23. The maximum Gasteiger partial charge on any atom is 0.737 e. The summed E-state index contributed by atoms with van der Waals surface area (Å²) in [6.07, 6.45) is 4.04. The van der Waals surface area contributed by atoms with E-state index >= 15 is 12.9 Å². The van der Waals surface area contributed by atoms with Gasteiger partial charge in [0.1, 0.15) is 11.4 Å². The molecule has 0 radical (unpaired) electrons. The van der Waals surface area contributed by atoms with Gasteiger partial charge in [0, 0.05) is 48.5 Å². The summed E-state index contributed by atoms with van der Waals surface area (Å²) in [6.45, 7) is 26.6. The van der Waals surface area contributed by atoms with Gasteiger partial charge in [-0.3, -0.25) is 0 Å². The van der Waals surface area contributed by atoms with Gasteiger partial charge in [0.15, 0.2) is 11.4 Å². The second-order valence-corrected chi connectivity index (χ2v) is 24.3. The van der Waals surface area contributed by atoms with Crippen LogP contribution in [0.1, 0.15) is 121 Å². The van der Waals surface area contributed by atoms with Crippen molar-refractivity contribution < 1.29 is 21.9 Å². The number of nitrogens with zero attached hydrogens (tertiary/aromatic N) is 4. The number of allylic oxidation sites excluding steroid dienone is 4. The first-order chi connectivity index (χ1) is 35.8. The van der Waals surface area contributed by atoms with Crippen LogP contribution in [-0.2, 0) is 5.41 Å². The number of hydrogen-bond acceptors (Lipinski definition) is 0. The fourth-order valence-electron chi connectivity index (χ4n) is 15.2. The first kappa shape index (κ1) is 48.3. The van der Waals surface area contributed by atoms with Gasteiger partial charge in [0.25, 0.3) is 0 Å². The van der Waals surface area contributed by atoms with E-state index < -0.39 is 13.7 Å². The first-order valence-corrected chi connectivity index (χ1v) is 27.1. The smallest absolute Gasteiger partial charge is 0.428 e. The van der Waals surface area contributed by atoms with E-state index in [0.717, 1.165) is 106 Å². The zero-order valence-electron chi connectivity index (χ0n) is 46.9. The van der Waals surface area contributed by atoms with Crippen molar-refractivity contribution >= 4 is 79.3 Å². The van der Waals surface area contributed by atoms with Gasteiger partial charge in [-0.2, -0.15) is 0 Å². The molecule has 0 saturated carbocycles. The molecule has 9 heteroatoms. The Labute approximate surface area is 445 Å². The molecule has 0 amide bonds. The SMILES string of the molecule is CC1=CC(C)=[N+]2C1=C(c1c(C)cc(-c3ccc4c5ccc(-c6cc(C)c(C7=C8C(C)=CC(C)=[N+]8[B-](F)(F)n8c(C)cc(C)c87)c(C)c6)c6cccc(c7cc(C(C)(C)C)cc3c47)c65)cc1C)c1c(C)cc(C)n1[B-]2(C)F. The highest BCUT2D eigenvalue weighted by atomic mass is 19.2. The Morgan fingerprint density at radius 2 is 0.868 bits per heavy atom. The van der Waals surface area contributed by atoms with E-state index in [4.69, 9.17) is 0 Å². The minimum absolute atomic E-state index is 0.134. The van der Waals surface area contributed by atoms with Crippen LogP contribution in [0.25, 0.3) is 76.5 Å². The molecule has 7 aromatic carbocycles. The van der Waals surface area contributed by atoms with Crippen LogP contribution < -0.4 is 0 Å². The quantitative estimate of drug-likeness (QED) is 0.0949. The topological polar surface area (TPSA) is 15.9 Å². The third-order valence-corrected chi connectivity index (χ3v) is 18.0. The molecule has 0 bridgehead atoms. The van der Waals surface area contributed by atoms with Gasteiger partial charge in [0.2, 0.25) is 0 Å². The first-order valence-electron chi connectivity index (χ1n) is 27.1. The van der Waals surface area contributed by atoms with Gasteiger partial charge in [0.05, 0.1) is 11.1 Å². The monoisotopic (exact) mass is 1000 g/mol. The van der Waals surface area contributed by atoms with E-state index in [0.29, 0.717) is 22.8 Å². The third-order valence-electron chi connectivity index (χ3n) is 18.0. The van der Waals surface area contributed by atoms with Gasteiger partial charge in [-0.25, -0.2) is 0 Å². The largest absolute Gasteiger partial charge is 0.737 e. The summed E-state index contributed by atoms with van der Waals surface area (Å²) in [6, 6.07) is 34.2. The van der Waals surface area contributed by atoms with E-state index in [9.17, 15) is 0 Å². The van der Waals surface area contributed by atoms with Crippen LogP contribution >= 0.6 is 0 Å². The normalized spacial score (nSPS) is 18.3. The van der Waals surface area contributed by atoms with Crippen molar-refractivity contribution in [1.82, 2.24) is 8.96 Å². The van der Waals surface area contributed by atoms with Gasteiger partial charge < -0.3 is 30.9 Å². The Morgan fingerprint density at radius 1 is 0.447 bits per heavy atom. The van der Waals surface area contributed by atoms with E-state index in [1.165, 1.54) is 63.2 Å². The maximum absolute atomic E-state index is 17.4. The van der Waals surface area contributed by atoms with Crippen LogP contribution in [0.5, 0.6) is 0 Å². The average Bonchev–Trinajstić information content (AvgIpc) is 4.16. The lowest BCUT2D eigenvalue weighted by Crippen LogP contribution is -2.52. The highest BCUT2D eigenvalue weighted by molar-refractivity contribution is 6.64. The molecule has 0 saturated heterocycles. The molecule has 9 aromatic rings. The standard InChI is InChI=1S/C67H65B2F3N4/c1-34-28-46(29-35(2)58(34)62-65-40(7)26-44(11)75(65)69(71,72)76-45(12)27-41(8)66(62)76)49-20-22-53-54-23-21-50(55-32-48(67(13,14)15)33-56(60(54)55)52-19-17-18-51(49)59(52)53)47-30-36(3)57(37(4)31-47)61-63-38(5)24-42(9)73(63)68(16,70)74-43(10)25-39(6)64(61)74/h17-33H,1-16H3. The zero-order valence-corrected chi connectivity index (χ0v) is 46.9. The molecule has 1 unspecified atom stereocenters. The highest BCUT2D eigenvalue weighted by Crippen LogP contribution is 2.51. The number of hydrogen-bond donors (Lipinski definition) is 0. The molecule has 13 rings (SSSR count). The van der Waals surface area contributed by atoms with Crippen molar-refractivity contribution in [2.75, 3.05) is 0 Å². The minimum Gasteiger partial charge on any atom is -0.428 e. The van der Waals surface area contributed by atoms with Crippen LogP contribution in [-0.4, -0.2) is 43.0 Å². The van der Waals surface area contributed by atoms with Crippen LogP contribution in [0.2, 0.25) is 6.82 Å². The number of rotatable bonds is 4. The van der Waals surface area contributed by atoms with Crippen molar-refractivity contribution in [3.63, 3.8) is 0 Å². The molecule has 0 aliphatic carbocycles. The lowest BCUT2D eigenvalue weighted by atomic mass is 9.66. The molecule has 6 heterocycles. The molecule has 76 heavy (non-hydrogen) atoms. The Balaban J connectivity index is 0.999. The van der Waals surface area contributed by atoms with Crippen molar-refractivity contribution in [3.8, 4) is 22.3 Å². The van der Waals surface area contributed by atoms with Crippen LogP contribution in [0.15, 0.2) is 126 Å². The molecular formula is C67H65B2F3N4. The van der Waals surface area contributed by atoms with Crippen molar-refractivity contribution in [2.24, 2.45) is 0 Å². The van der Waals surface area contributed by atoms with E-state index in [1.54, 1.807) is 20.7 Å². The lowest BCUT2D eigenvalue weighted by molar-refractivity contribution is -0.363. The van der Waals surface area contributed by atoms with E-state index in [1.807, 2.05) is 48.8 Å². The average molecular weight is 1000 g/mol. The van der Waals surface area contributed by atoms with E-state index in [2.05, 4.69) is 153 Å². The number of benzene rings is 7. The van der Waals surface area contributed by atoms with Crippen molar-refractivity contribution in [2.45, 2.75) is 116 Å². The lowest BCUT2D eigenvalue weighted by Gasteiger charge is -2.38. The second-order valence-electron chi connectivity index (χ2n) is 24.3. The van der Waals surface area contributed by atoms with E-state index in [-0.39, 0.29) is 5.41 Å². The number of aryl methyl sites for hydroxylation is 8. The summed E-state index contributed by atoms with van der Waals surface area (Å²) in [5.41, 5.74) is 24.3. The number of fused-ring (bicyclic) bond motifs is 6. The van der Waals surface area contributed by atoms with Gasteiger partial charge >= 0.3 is 13.7 Å². The predicted molar refractivity (Wildman–Crippen MR) is 317 cm³/mol. The molecular weight excluding hydrogens is 939 g/mol. The van der Waals surface area contributed by atoms with Gasteiger partial charge in [-0.05, 0) is 226 Å². The summed E-state index contributed by atoms with van der Waals surface area (Å²) in [4.78, 5) is 0. The maximum atomic E-state index is 17.4. The van der Waals surface area contributed by atoms with Crippen LogP contribution in [0.4, 0.5) is 12.9 Å². The fraction of sp³-hybridized carbons (Fsp3) is 0.254. The number of aromatic nitrogens is 2. The Bertz CT molecular complexity index is 4390. The molecule has 4 nitrogen and oxygen atoms in total. The molecule has 0 fully saturated rings.